The molecule has 2 amide bonds. The molecule has 0 saturated carbocycles. The number of hydrogen-bond acceptors (Lipinski definition) is 7. The summed E-state index contributed by atoms with van der Waals surface area (Å²) >= 11 is 4.02. The van der Waals surface area contributed by atoms with Crippen LogP contribution in [-0.4, -0.2) is 55.7 Å². The summed E-state index contributed by atoms with van der Waals surface area (Å²) < 4.78 is 0. The van der Waals surface area contributed by atoms with Crippen molar-refractivity contribution in [3.8, 4) is 0 Å². The Morgan fingerprint density at radius 2 is 1.44 bits per heavy atom. The van der Waals surface area contributed by atoms with Crippen molar-refractivity contribution >= 4 is 30.7 Å². The van der Waals surface area contributed by atoms with E-state index in [0.717, 1.165) is 71.4 Å². The van der Waals surface area contributed by atoms with Crippen LogP contribution in [0.4, 0.5) is 0 Å². The summed E-state index contributed by atoms with van der Waals surface area (Å²) in [5, 5.41) is 9.88. The Morgan fingerprint density at radius 3 is 2.00 bits per heavy atom. The van der Waals surface area contributed by atoms with Crippen LogP contribution in [0.1, 0.15) is 96.8 Å². The smallest absolute Gasteiger partial charge is 0.234 e. The number of aldehydes is 1. The van der Waals surface area contributed by atoms with Crippen molar-refractivity contribution in [2.24, 2.45) is 5.73 Å². The third-order valence-corrected chi connectivity index (χ3v) is 4.62. The fourth-order valence-electron chi connectivity index (χ4n) is 2.60. The van der Waals surface area contributed by atoms with Gasteiger partial charge in [-0.15, -0.1) is 0 Å². The van der Waals surface area contributed by atoms with Gasteiger partial charge in [0, 0.05) is 39.5 Å². The average Bonchev–Trinajstić information content (AvgIpc) is 2.80. The number of carbonyl (C=O) groups excluding carboxylic acids is 3. The number of aliphatic hydroxyl groups is 1. The third kappa shape index (κ3) is 36.2. The highest BCUT2D eigenvalue weighted by Crippen LogP contribution is 2.06. The highest BCUT2D eigenvalue weighted by molar-refractivity contribution is 7.80. The van der Waals surface area contributed by atoms with Crippen molar-refractivity contribution in [2.45, 2.75) is 96.8 Å². The minimum Gasteiger partial charge on any atom is -0.400 e. The van der Waals surface area contributed by atoms with E-state index < -0.39 is 0 Å². The monoisotopic (exact) mass is 478 g/mol. The van der Waals surface area contributed by atoms with E-state index in [0.29, 0.717) is 31.6 Å². The van der Waals surface area contributed by atoms with E-state index in [4.69, 9.17) is 10.8 Å². The van der Waals surface area contributed by atoms with Crippen molar-refractivity contribution < 1.29 is 19.5 Å². The number of hydrazine groups is 1. The molecule has 0 rings (SSSR count). The van der Waals surface area contributed by atoms with E-state index in [1.807, 2.05) is 0 Å². The molecule has 0 aromatic carbocycles. The van der Waals surface area contributed by atoms with Gasteiger partial charge in [-0.2, -0.15) is 12.6 Å². The summed E-state index contributed by atoms with van der Waals surface area (Å²) in [5.41, 5.74) is 10.8. The van der Waals surface area contributed by atoms with Crippen molar-refractivity contribution in [1.29, 1.82) is 0 Å². The molecular weight excluding hydrogens is 428 g/mol. The molecule has 0 atom stereocenters. The molecule has 0 aromatic rings. The largest absolute Gasteiger partial charge is 0.400 e. The summed E-state index contributed by atoms with van der Waals surface area (Å²) in [7, 11) is 1.00. The van der Waals surface area contributed by atoms with Crippen LogP contribution in [0.5, 0.6) is 0 Å². The van der Waals surface area contributed by atoms with Gasteiger partial charge in [0.2, 0.25) is 11.8 Å². The molecule has 32 heavy (non-hydrogen) atoms. The van der Waals surface area contributed by atoms with E-state index in [1.54, 1.807) is 0 Å². The van der Waals surface area contributed by atoms with Gasteiger partial charge in [-0.1, -0.05) is 51.9 Å². The van der Waals surface area contributed by atoms with Gasteiger partial charge in [0.05, 0.1) is 0 Å². The lowest BCUT2D eigenvalue weighted by Gasteiger charge is -2.07. The maximum atomic E-state index is 11.6. The molecule has 0 unspecified atom stereocenters. The number of thiol groups is 1. The molecule has 8 nitrogen and oxygen atoms in total. The minimum absolute atomic E-state index is 0.0831. The van der Waals surface area contributed by atoms with Gasteiger partial charge in [-0.25, -0.2) is 5.43 Å². The number of amides is 2. The molecule has 0 aliphatic heterocycles. The van der Waals surface area contributed by atoms with E-state index in [9.17, 15) is 14.4 Å². The zero-order valence-electron chi connectivity index (χ0n) is 20.5. The summed E-state index contributed by atoms with van der Waals surface area (Å²) in [4.78, 5) is 32.3. The van der Waals surface area contributed by atoms with Crippen molar-refractivity contribution in [3.63, 3.8) is 0 Å². The van der Waals surface area contributed by atoms with Crippen molar-refractivity contribution in [3.05, 3.63) is 0 Å². The highest BCUT2D eigenvalue weighted by atomic mass is 32.1. The number of hydrogen-bond donors (Lipinski definition) is 6. The first-order valence-corrected chi connectivity index (χ1v) is 12.7. The first kappa shape index (κ1) is 35.4. The lowest BCUT2D eigenvalue weighted by Crippen LogP contribution is -2.37. The van der Waals surface area contributed by atoms with Gasteiger partial charge >= 0.3 is 0 Å². The van der Waals surface area contributed by atoms with Crippen LogP contribution in [-0.2, 0) is 14.4 Å². The number of nitrogens with two attached hydrogens (primary N) is 1. The summed E-state index contributed by atoms with van der Waals surface area (Å²) in [6.45, 7) is 4.38. The Balaban J connectivity index is -0.000000899. The third-order valence-electron chi connectivity index (χ3n) is 4.40. The summed E-state index contributed by atoms with van der Waals surface area (Å²) in [5.74, 6) is 0.777. The quantitative estimate of drug-likeness (QED) is 0.0690. The first-order chi connectivity index (χ1) is 15.6. The van der Waals surface area contributed by atoms with Crippen LogP contribution in [0.15, 0.2) is 0 Å². The number of unbranched alkanes of at least 4 members (excludes halogenated alkanes) is 9. The predicted molar refractivity (Wildman–Crippen MR) is 137 cm³/mol. The topological polar surface area (TPSA) is 134 Å². The Kier molecular flexibility index (Phi) is 38.1. The molecular formula is C23H50N4O4S. The minimum atomic E-state index is 0.0831. The predicted octanol–water partition coefficient (Wildman–Crippen LogP) is 2.89. The molecule has 0 bridgehead atoms. The Hall–Kier alpha value is -1.16. The van der Waals surface area contributed by atoms with Gasteiger partial charge < -0.3 is 21.0 Å². The van der Waals surface area contributed by atoms with E-state index >= 15 is 0 Å². The SMILES string of the molecule is CCCCCCCCC(=O)NNCCCCCCNC(=O)CCS.CO.NCCCC=O. The molecule has 0 fully saturated rings. The van der Waals surface area contributed by atoms with Gasteiger partial charge in [-0.3, -0.25) is 15.0 Å². The zero-order chi connectivity index (χ0) is 24.7. The van der Waals surface area contributed by atoms with Crippen molar-refractivity contribution in [2.75, 3.05) is 32.5 Å². The maximum Gasteiger partial charge on any atom is 0.234 e. The first-order valence-electron chi connectivity index (χ1n) is 12.1. The van der Waals surface area contributed by atoms with Gasteiger partial charge in [0.25, 0.3) is 0 Å². The molecule has 192 valence electrons. The number of rotatable bonds is 20. The number of nitrogens with one attached hydrogen (secondary N) is 3. The van der Waals surface area contributed by atoms with Crippen LogP contribution < -0.4 is 21.9 Å². The van der Waals surface area contributed by atoms with Crippen LogP contribution in [0.2, 0.25) is 0 Å². The standard InChI is InChI=1S/C18H37N3O2S.C4H9NO.CH4O/c1-2-3-4-5-6-9-12-18(23)21-20-15-11-8-7-10-14-19-17(22)13-16-24;5-3-1-2-4-6;1-2/h20,24H,2-16H2,1H3,(H,19,22)(H,21,23);4H,1-3,5H2;2H,1H3. The highest BCUT2D eigenvalue weighted by Gasteiger charge is 2.00. The fraction of sp³-hybridized carbons (Fsp3) is 0.870. The van der Waals surface area contributed by atoms with Crippen LogP contribution in [0.25, 0.3) is 0 Å². The van der Waals surface area contributed by atoms with Gasteiger partial charge in [-0.05, 0) is 38.0 Å². The zero-order valence-corrected chi connectivity index (χ0v) is 21.4. The molecule has 0 spiro atoms. The molecule has 0 aromatic heterocycles. The van der Waals surface area contributed by atoms with E-state index in [2.05, 4.69) is 35.7 Å². The van der Waals surface area contributed by atoms with Crippen molar-refractivity contribution in [1.82, 2.24) is 16.2 Å². The molecule has 0 aliphatic carbocycles. The van der Waals surface area contributed by atoms with Gasteiger partial charge in [0.1, 0.15) is 6.29 Å². The van der Waals surface area contributed by atoms with E-state index in [1.165, 1.54) is 25.7 Å². The summed E-state index contributed by atoms with van der Waals surface area (Å²) in [6.07, 6.45) is 14.9. The fourth-order valence-corrected chi connectivity index (χ4v) is 2.80. The average molecular weight is 479 g/mol. The van der Waals surface area contributed by atoms with Crippen LogP contribution in [0.3, 0.4) is 0 Å². The molecule has 0 saturated heterocycles. The second-order valence-corrected chi connectivity index (χ2v) is 7.78. The molecule has 0 aliphatic rings. The Labute approximate surface area is 201 Å². The second-order valence-electron chi connectivity index (χ2n) is 7.33. The lowest BCUT2D eigenvalue weighted by atomic mass is 10.1. The Morgan fingerprint density at radius 1 is 0.844 bits per heavy atom. The molecule has 9 heteroatoms. The normalized spacial score (nSPS) is 9.66. The molecule has 0 heterocycles. The van der Waals surface area contributed by atoms with Crippen LogP contribution >= 0.6 is 12.6 Å². The van der Waals surface area contributed by atoms with Gasteiger partial charge in [0.15, 0.2) is 0 Å². The molecule has 0 radical (unpaired) electrons. The Bertz CT molecular complexity index is 402. The summed E-state index contributed by atoms with van der Waals surface area (Å²) in [6, 6.07) is 0. The maximum absolute atomic E-state index is 11.6. The van der Waals surface area contributed by atoms with Crippen LogP contribution in [0, 0.1) is 0 Å². The second kappa shape index (κ2) is 34.5. The van der Waals surface area contributed by atoms with E-state index in [-0.39, 0.29) is 11.8 Å². The molecule has 6 N–H and O–H groups in total. The number of carbonyl (C=O) groups is 3. The lowest BCUT2D eigenvalue weighted by molar-refractivity contribution is -0.122. The number of aliphatic hydroxyl groups excluding tert-OH is 1.